The van der Waals surface area contributed by atoms with Crippen LogP contribution in [0.4, 0.5) is 0 Å². The number of esters is 1. The maximum absolute atomic E-state index is 11.8. The number of halogens is 3. The van der Waals surface area contributed by atoms with Crippen LogP contribution < -0.4 is 4.74 Å². The van der Waals surface area contributed by atoms with Crippen LogP contribution in [-0.2, 0) is 0 Å². The second-order valence-corrected chi connectivity index (χ2v) is 5.02. The van der Waals surface area contributed by atoms with E-state index in [0.29, 0.717) is 5.75 Å². The smallest absolute Gasteiger partial charge is 0.345 e. The molecule has 0 aliphatic carbocycles. The number of hydrogen-bond acceptors (Lipinski definition) is 3. The van der Waals surface area contributed by atoms with E-state index in [2.05, 4.69) is 20.9 Å². The third-order valence-corrected chi connectivity index (χ3v) is 3.27. The summed E-state index contributed by atoms with van der Waals surface area (Å²) in [5.74, 6) is -0.0994. The van der Waals surface area contributed by atoms with Gasteiger partial charge in [-0.05, 0) is 30.3 Å². The van der Waals surface area contributed by atoms with Crippen LogP contribution in [0.3, 0.4) is 0 Å². The van der Waals surface area contributed by atoms with Crippen molar-refractivity contribution in [2.75, 3.05) is 0 Å². The monoisotopic (exact) mass is 345 g/mol. The average Bonchev–Trinajstić information content (AvgIpc) is 2.35. The first-order valence-corrected chi connectivity index (χ1v) is 6.40. The summed E-state index contributed by atoms with van der Waals surface area (Å²) in [6.45, 7) is 0. The summed E-state index contributed by atoms with van der Waals surface area (Å²) in [5.41, 5.74) is 0.243. The van der Waals surface area contributed by atoms with Crippen LogP contribution in [0.15, 0.2) is 41.0 Å². The normalized spacial score (nSPS) is 10.2. The van der Waals surface area contributed by atoms with Crippen LogP contribution >= 0.6 is 39.1 Å². The molecule has 0 saturated heterocycles. The standard InChI is InChI=1S/C12H6BrCl2NO2/c13-8-1-3-9(4-2-8)18-12(17)7-5-10(14)11(15)16-6-7/h1-6H. The van der Waals surface area contributed by atoms with Crippen molar-refractivity contribution in [2.45, 2.75) is 0 Å². The van der Waals surface area contributed by atoms with Gasteiger partial charge in [-0.25, -0.2) is 9.78 Å². The van der Waals surface area contributed by atoms with Crippen molar-refractivity contribution in [3.63, 3.8) is 0 Å². The number of rotatable bonds is 2. The Morgan fingerprint density at radius 2 is 1.89 bits per heavy atom. The van der Waals surface area contributed by atoms with Gasteiger partial charge in [0.05, 0.1) is 10.6 Å². The molecule has 1 aromatic carbocycles. The summed E-state index contributed by atoms with van der Waals surface area (Å²) in [6, 6.07) is 8.31. The highest BCUT2D eigenvalue weighted by atomic mass is 79.9. The molecule has 92 valence electrons. The maximum atomic E-state index is 11.8. The minimum absolute atomic E-state index is 0.150. The molecule has 0 unspecified atom stereocenters. The number of nitrogens with zero attached hydrogens (tertiary/aromatic N) is 1. The van der Waals surface area contributed by atoms with E-state index in [9.17, 15) is 4.79 Å². The van der Waals surface area contributed by atoms with Crippen molar-refractivity contribution in [1.82, 2.24) is 4.98 Å². The average molecular weight is 347 g/mol. The second-order valence-electron chi connectivity index (χ2n) is 3.34. The highest BCUT2D eigenvalue weighted by Gasteiger charge is 2.11. The number of pyridine rings is 1. The number of aromatic nitrogens is 1. The lowest BCUT2D eigenvalue weighted by molar-refractivity contribution is 0.0734. The Morgan fingerprint density at radius 3 is 2.50 bits per heavy atom. The van der Waals surface area contributed by atoms with Gasteiger partial charge in [-0.1, -0.05) is 39.1 Å². The van der Waals surface area contributed by atoms with E-state index >= 15 is 0 Å². The van der Waals surface area contributed by atoms with Gasteiger partial charge in [0.2, 0.25) is 0 Å². The Labute approximate surface area is 122 Å². The lowest BCUT2D eigenvalue weighted by Crippen LogP contribution is -2.08. The number of ether oxygens (including phenoxy) is 1. The zero-order valence-electron chi connectivity index (χ0n) is 8.86. The molecule has 0 bridgehead atoms. The van der Waals surface area contributed by atoms with Gasteiger partial charge < -0.3 is 4.74 Å². The Bertz CT molecular complexity index is 587. The number of carbonyl (C=O) groups excluding carboxylic acids is 1. The summed E-state index contributed by atoms with van der Waals surface area (Å²) < 4.78 is 6.05. The zero-order valence-corrected chi connectivity index (χ0v) is 12.0. The fourth-order valence-corrected chi connectivity index (χ4v) is 1.74. The molecule has 0 aliphatic rings. The van der Waals surface area contributed by atoms with Crippen molar-refractivity contribution < 1.29 is 9.53 Å². The van der Waals surface area contributed by atoms with Crippen molar-refractivity contribution in [2.24, 2.45) is 0 Å². The molecule has 2 aromatic rings. The minimum Gasteiger partial charge on any atom is -0.423 e. The fourth-order valence-electron chi connectivity index (χ4n) is 1.20. The van der Waals surface area contributed by atoms with Gasteiger partial charge in [-0.15, -0.1) is 0 Å². The molecule has 2 rings (SSSR count). The molecule has 0 saturated carbocycles. The SMILES string of the molecule is O=C(Oc1ccc(Br)cc1)c1cnc(Cl)c(Cl)c1. The summed E-state index contributed by atoms with van der Waals surface area (Å²) in [6.07, 6.45) is 1.31. The third kappa shape index (κ3) is 3.22. The molecule has 0 spiro atoms. The van der Waals surface area contributed by atoms with E-state index in [1.165, 1.54) is 12.3 Å². The van der Waals surface area contributed by atoms with Gasteiger partial charge in [0.15, 0.2) is 0 Å². The topological polar surface area (TPSA) is 39.2 Å². The molecule has 3 nitrogen and oxygen atoms in total. The van der Waals surface area contributed by atoms with Crippen molar-refractivity contribution in [3.8, 4) is 5.75 Å². The molecule has 0 atom stereocenters. The largest absolute Gasteiger partial charge is 0.423 e. The first kappa shape index (κ1) is 13.3. The summed E-state index contributed by atoms with van der Waals surface area (Å²) in [5, 5.41) is 0.360. The van der Waals surface area contributed by atoms with E-state index in [1.54, 1.807) is 24.3 Å². The zero-order chi connectivity index (χ0) is 13.1. The van der Waals surface area contributed by atoms with Crippen LogP contribution in [0.25, 0.3) is 0 Å². The first-order valence-electron chi connectivity index (χ1n) is 4.85. The summed E-state index contributed by atoms with van der Waals surface area (Å²) in [7, 11) is 0. The van der Waals surface area contributed by atoms with Crippen LogP contribution in [-0.4, -0.2) is 11.0 Å². The first-order chi connectivity index (χ1) is 8.56. The van der Waals surface area contributed by atoms with E-state index in [1.807, 2.05) is 0 Å². The highest BCUT2D eigenvalue weighted by Crippen LogP contribution is 2.21. The molecule has 0 fully saturated rings. The van der Waals surface area contributed by atoms with Gasteiger partial charge in [-0.2, -0.15) is 0 Å². The van der Waals surface area contributed by atoms with Crippen molar-refractivity contribution in [1.29, 1.82) is 0 Å². The molecule has 0 radical (unpaired) electrons. The molecule has 0 aliphatic heterocycles. The van der Waals surface area contributed by atoms with Gasteiger partial charge >= 0.3 is 5.97 Å². The molecule has 1 aromatic heterocycles. The van der Waals surface area contributed by atoms with E-state index in [0.717, 1.165) is 4.47 Å². The molecule has 6 heteroatoms. The van der Waals surface area contributed by atoms with Gasteiger partial charge in [0.1, 0.15) is 10.9 Å². The molecule has 0 N–H and O–H groups in total. The Balaban J connectivity index is 2.16. The molecular formula is C12H6BrCl2NO2. The number of hydrogen-bond donors (Lipinski definition) is 0. The molecule has 0 amide bonds. The van der Waals surface area contributed by atoms with Gasteiger partial charge in [0.25, 0.3) is 0 Å². The Morgan fingerprint density at radius 1 is 1.22 bits per heavy atom. The minimum atomic E-state index is -0.539. The maximum Gasteiger partial charge on any atom is 0.345 e. The van der Waals surface area contributed by atoms with Crippen molar-refractivity contribution >= 4 is 45.1 Å². The predicted octanol–water partition coefficient (Wildman–Crippen LogP) is 4.37. The van der Waals surface area contributed by atoms with E-state index < -0.39 is 5.97 Å². The number of carbonyl (C=O) groups is 1. The predicted molar refractivity (Wildman–Crippen MR) is 73.4 cm³/mol. The van der Waals surface area contributed by atoms with Crippen LogP contribution in [0.5, 0.6) is 5.75 Å². The van der Waals surface area contributed by atoms with Crippen molar-refractivity contribution in [3.05, 3.63) is 56.7 Å². The van der Waals surface area contributed by atoms with E-state index in [-0.39, 0.29) is 15.7 Å². The summed E-state index contributed by atoms with van der Waals surface area (Å²) in [4.78, 5) is 15.6. The third-order valence-electron chi connectivity index (χ3n) is 2.06. The van der Waals surface area contributed by atoms with E-state index in [4.69, 9.17) is 27.9 Å². The molecule has 1 heterocycles. The lowest BCUT2D eigenvalue weighted by atomic mass is 10.3. The Kier molecular flexibility index (Phi) is 4.22. The summed E-state index contributed by atoms with van der Waals surface area (Å²) >= 11 is 14.7. The lowest BCUT2D eigenvalue weighted by Gasteiger charge is -2.04. The van der Waals surface area contributed by atoms with Gasteiger partial charge in [-0.3, -0.25) is 0 Å². The highest BCUT2D eigenvalue weighted by molar-refractivity contribution is 9.10. The van der Waals surface area contributed by atoms with Gasteiger partial charge in [0, 0.05) is 10.7 Å². The van der Waals surface area contributed by atoms with Crippen LogP contribution in [0.2, 0.25) is 10.2 Å². The van der Waals surface area contributed by atoms with Crippen LogP contribution in [0, 0.1) is 0 Å². The Hall–Kier alpha value is -1.10. The quantitative estimate of drug-likeness (QED) is 0.460. The molecular weight excluding hydrogens is 341 g/mol. The second kappa shape index (κ2) is 5.69. The molecule has 18 heavy (non-hydrogen) atoms. The fraction of sp³-hybridized carbons (Fsp3) is 0. The van der Waals surface area contributed by atoms with Crippen LogP contribution in [0.1, 0.15) is 10.4 Å². The number of benzene rings is 1.